The lowest BCUT2D eigenvalue weighted by molar-refractivity contribution is -0.138. The number of benzene rings is 3. The normalized spacial score (nSPS) is 15.1. The van der Waals surface area contributed by atoms with Crippen molar-refractivity contribution in [2.24, 2.45) is 0 Å². The quantitative estimate of drug-likeness (QED) is 0.257. The number of rotatable bonds is 9. The molecular formula is C32H36N4O4. The highest BCUT2D eigenvalue weighted by atomic mass is 16.5. The summed E-state index contributed by atoms with van der Waals surface area (Å²) in [6.07, 6.45) is 0.717. The van der Waals surface area contributed by atoms with Gasteiger partial charge in [0.25, 0.3) is 0 Å². The molecule has 1 heterocycles. The third kappa shape index (κ3) is 6.51. The predicted molar refractivity (Wildman–Crippen MR) is 158 cm³/mol. The Bertz CT molecular complexity index is 1370. The highest BCUT2D eigenvalue weighted by Gasteiger charge is 2.38. The van der Waals surface area contributed by atoms with Gasteiger partial charge in [-0.3, -0.25) is 4.90 Å². The van der Waals surface area contributed by atoms with Gasteiger partial charge in [-0.15, -0.1) is 0 Å². The number of hydrogen-bond acceptors (Lipinski definition) is 4. The van der Waals surface area contributed by atoms with Crippen LogP contribution in [-0.4, -0.2) is 36.1 Å². The zero-order chi connectivity index (χ0) is 28.6. The van der Waals surface area contributed by atoms with Gasteiger partial charge in [0.2, 0.25) is 0 Å². The molecule has 0 saturated carbocycles. The van der Waals surface area contributed by atoms with Crippen molar-refractivity contribution < 1.29 is 19.1 Å². The first-order valence-electron chi connectivity index (χ1n) is 13.6. The topological polar surface area (TPSA) is 99.8 Å². The Balaban J connectivity index is 1.61. The minimum absolute atomic E-state index is 0.205. The first kappa shape index (κ1) is 28.4. The number of anilines is 2. The number of carbonyl (C=O) groups excluding carboxylic acids is 3. The standard InChI is InChI=1S/C32H36N4O4/c1-5-20-36-29(24-10-8-7-9-11-24)27(30(37)40-6-2)28(35-32(36)39)23-14-18-26(19-15-23)34-31(38)33-25-16-12-22(13-17-25)21(3)4/h7-19,21,28H,5-6,20H2,1-4H3,(H,35,39)(H2,33,34,38)/t28-/m1/s1. The van der Waals surface area contributed by atoms with Crippen LogP contribution in [0, 0.1) is 0 Å². The molecule has 4 amide bonds. The van der Waals surface area contributed by atoms with Crippen molar-refractivity contribution >= 4 is 35.1 Å². The van der Waals surface area contributed by atoms with Gasteiger partial charge in [-0.05, 0) is 60.2 Å². The maximum atomic E-state index is 13.3. The Morgan fingerprint density at radius 1 is 0.900 bits per heavy atom. The molecule has 0 radical (unpaired) electrons. The summed E-state index contributed by atoms with van der Waals surface area (Å²) >= 11 is 0. The highest BCUT2D eigenvalue weighted by molar-refractivity contribution is 6.05. The molecule has 3 aromatic carbocycles. The second-order valence-corrected chi connectivity index (χ2v) is 9.86. The maximum absolute atomic E-state index is 13.3. The van der Waals surface area contributed by atoms with Crippen molar-refractivity contribution in [3.05, 3.63) is 101 Å². The molecule has 8 nitrogen and oxygen atoms in total. The molecule has 0 spiro atoms. The fourth-order valence-electron chi connectivity index (χ4n) is 4.68. The van der Waals surface area contributed by atoms with Crippen LogP contribution in [0.15, 0.2) is 84.4 Å². The molecule has 208 valence electrons. The smallest absolute Gasteiger partial charge is 0.338 e. The van der Waals surface area contributed by atoms with Gasteiger partial charge < -0.3 is 20.7 Å². The van der Waals surface area contributed by atoms with Crippen LogP contribution in [0.2, 0.25) is 0 Å². The van der Waals surface area contributed by atoms with Crippen LogP contribution in [0.1, 0.15) is 62.8 Å². The van der Waals surface area contributed by atoms with E-state index in [9.17, 15) is 14.4 Å². The van der Waals surface area contributed by atoms with E-state index >= 15 is 0 Å². The molecular weight excluding hydrogens is 504 g/mol. The van der Waals surface area contributed by atoms with Crippen LogP contribution in [0.4, 0.5) is 21.0 Å². The monoisotopic (exact) mass is 540 g/mol. The molecule has 0 saturated heterocycles. The first-order valence-corrected chi connectivity index (χ1v) is 13.6. The molecule has 3 N–H and O–H groups in total. The molecule has 4 rings (SSSR count). The van der Waals surface area contributed by atoms with Gasteiger partial charge in [-0.1, -0.05) is 75.4 Å². The van der Waals surface area contributed by atoms with E-state index in [4.69, 9.17) is 4.74 Å². The van der Waals surface area contributed by atoms with Gasteiger partial charge in [0.1, 0.15) is 0 Å². The molecule has 0 fully saturated rings. The Labute approximate surface area is 235 Å². The van der Waals surface area contributed by atoms with Crippen LogP contribution < -0.4 is 16.0 Å². The highest BCUT2D eigenvalue weighted by Crippen LogP contribution is 2.37. The fraction of sp³-hybridized carbons (Fsp3) is 0.281. The number of carbonyl (C=O) groups is 3. The summed E-state index contributed by atoms with van der Waals surface area (Å²) in [4.78, 5) is 40.8. The van der Waals surface area contributed by atoms with Crippen LogP contribution in [-0.2, 0) is 9.53 Å². The summed E-state index contributed by atoms with van der Waals surface area (Å²) in [6.45, 7) is 8.62. The lowest BCUT2D eigenvalue weighted by Crippen LogP contribution is -2.48. The van der Waals surface area contributed by atoms with E-state index in [-0.39, 0.29) is 18.7 Å². The van der Waals surface area contributed by atoms with Crippen molar-refractivity contribution in [2.75, 3.05) is 23.8 Å². The summed E-state index contributed by atoms with van der Waals surface area (Å²) < 4.78 is 5.46. The second kappa shape index (κ2) is 13.0. The van der Waals surface area contributed by atoms with E-state index < -0.39 is 12.0 Å². The largest absolute Gasteiger partial charge is 0.463 e. The number of esters is 1. The Hall–Kier alpha value is -4.59. The van der Waals surface area contributed by atoms with Crippen LogP contribution in [0.5, 0.6) is 0 Å². The van der Waals surface area contributed by atoms with E-state index in [1.807, 2.05) is 61.5 Å². The lowest BCUT2D eigenvalue weighted by Gasteiger charge is -2.36. The molecule has 0 unspecified atom stereocenters. The summed E-state index contributed by atoms with van der Waals surface area (Å²) in [7, 11) is 0. The van der Waals surface area contributed by atoms with Crippen LogP contribution in [0.25, 0.3) is 5.70 Å². The van der Waals surface area contributed by atoms with Gasteiger partial charge >= 0.3 is 18.0 Å². The summed E-state index contributed by atoms with van der Waals surface area (Å²) in [5, 5.41) is 8.66. The third-order valence-corrected chi connectivity index (χ3v) is 6.65. The van der Waals surface area contributed by atoms with E-state index in [0.717, 1.165) is 12.0 Å². The van der Waals surface area contributed by atoms with Crippen LogP contribution in [0.3, 0.4) is 0 Å². The van der Waals surface area contributed by atoms with E-state index in [1.165, 1.54) is 5.56 Å². The minimum Gasteiger partial charge on any atom is -0.463 e. The molecule has 0 bridgehead atoms. The number of urea groups is 2. The zero-order valence-electron chi connectivity index (χ0n) is 23.4. The van der Waals surface area contributed by atoms with E-state index in [1.54, 1.807) is 36.1 Å². The second-order valence-electron chi connectivity index (χ2n) is 9.86. The Morgan fingerprint density at radius 2 is 1.50 bits per heavy atom. The van der Waals surface area contributed by atoms with Gasteiger partial charge in [-0.2, -0.15) is 0 Å². The van der Waals surface area contributed by atoms with E-state index in [0.29, 0.717) is 40.7 Å². The van der Waals surface area contributed by atoms with Crippen molar-refractivity contribution in [3.8, 4) is 0 Å². The van der Waals surface area contributed by atoms with Crippen molar-refractivity contribution in [2.45, 2.75) is 46.1 Å². The lowest BCUT2D eigenvalue weighted by atomic mass is 9.91. The number of amides is 4. The van der Waals surface area contributed by atoms with Gasteiger partial charge in [0.15, 0.2) is 0 Å². The molecule has 1 atom stereocenters. The average molecular weight is 541 g/mol. The predicted octanol–water partition coefficient (Wildman–Crippen LogP) is 6.90. The van der Waals surface area contributed by atoms with Gasteiger partial charge in [0.05, 0.1) is 23.9 Å². The molecule has 8 heteroatoms. The Kier molecular flexibility index (Phi) is 9.22. The zero-order valence-corrected chi connectivity index (χ0v) is 23.4. The number of ether oxygens (including phenoxy) is 1. The molecule has 0 aromatic heterocycles. The summed E-state index contributed by atoms with van der Waals surface area (Å²) in [6, 6.07) is 22.8. The summed E-state index contributed by atoms with van der Waals surface area (Å²) in [5.74, 6) is -0.0782. The SMILES string of the molecule is CCCN1C(=O)N[C@H](c2ccc(NC(=O)Nc3ccc(C(C)C)cc3)cc2)C(C(=O)OCC)=C1c1ccccc1. The average Bonchev–Trinajstić information content (AvgIpc) is 2.95. The fourth-order valence-corrected chi connectivity index (χ4v) is 4.68. The molecule has 1 aliphatic rings. The van der Waals surface area contributed by atoms with Gasteiger partial charge in [-0.25, -0.2) is 14.4 Å². The first-order chi connectivity index (χ1) is 19.3. The number of hydrogen-bond donors (Lipinski definition) is 3. The molecule has 0 aliphatic carbocycles. The van der Waals surface area contributed by atoms with E-state index in [2.05, 4.69) is 29.8 Å². The van der Waals surface area contributed by atoms with Gasteiger partial charge in [0, 0.05) is 17.9 Å². The molecule has 3 aromatic rings. The van der Waals surface area contributed by atoms with Crippen molar-refractivity contribution in [1.29, 1.82) is 0 Å². The minimum atomic E-state index is -0.725. The summed E-state index contributed by atoms with van der Waals surface area (Å²) in [5.41, 5.74) is 4.81. The molecule has 1 aliphatic heterocycles. The van der Waals surface area contributed by atoms with Crippen LogP contribution >= 0.6 is 0 Å². The molecule has 40 heavy (non-hydrogen) atoms. The van der Waals surface area contributed by atoms with Crippen molar-refractivity contribution in [1.82, 2.24) is 10.2 Å². The number of nitrogens with zero attached hydrogens (tertiary/aromatic N) is 1. The number of nitrogens with one attached hydrogen (secondary N) is 3. The van der Waals surface area contributed by atoms with Crippen molar-refractivity contribution in [3.63, 3.8) is 0 Å². The maximum Gasteiger partial charge on any atom is 0.338 e. The Morgan fingerprint density at radius 3 is 2.05 bits per heavy atom. The third-order valence-electron chi connectivity index (χ3n) is 6.65.